The number of hydrogen-bond acceptors (Lipinski definition) is 4. The number of hydrogen-bond donors (Lipinski definition) is 1. The van der Waals surface area contributed by atoms with Crippen LogP contribution in [0.5, 0.6) is 5.75 Å². The third-order valence-electron chi connectivity index (χ3n) is 7.09. The largest absolute Gasteiger partial charge is 0.497 e. The number of halogens is 7. The molecule has 3 amide bonds. The van der Waals surface area contributed by atoms with E-state index >= 15 is 0 Å². The zero-order valence-corrected chi connectivity index (χ0v) is 22.4. The first-order valence-electron chi connectivity index (χ1n) is 12.8. The van der Waals surface area contributed by atoms with E-state index in [1.54, 1.807) is 29.6 Å². The third kappa shape index (κ3) is 5.14. The number of methoxy groups -OCH3 is 1. The molecule has 1 aliphatic rings. The lowest BCUT2D eigenvalue weighted by Crippen LogP contribution is -2.51. The van der Waals surface area contributed by atoms with Gasteiger partial charge in [0.25, 0.3) is 11.8 Å². The van der Waals surface area contributed by atoms with Crippen molar-refractivity contribution in [2.45, 2.75) is 18.1 Å². The number of carbonyl (C=O) groups is 3. The van der Waals surface area contributed by atoms with Crippen molar-refractivity contribution in [3.63, 3.8) is 0 Å². The van der Waals surface area contributed by atoms with Gasteiger partial charge in [-0.05, 0) is 35.4 Å². The first-order chi connectivity index (χ1) is 20.9. The minimum atomic E-state index is -5.81. The first kappa shape index (κ1) is 30.3. The molecule has 226 valence electrons. The fourth-order valence-corrected chi connectivity index (χ4v) is 5.12. The van der Waals surface area contributed by atoms with Gasteiger partial charge in [-0.3, -0.25) is 19.3 Å². The van der Waals surface area contributed by atoms with Gasteiger partial charge in [0.2, 0.25) is 5.91 Å². The van der Waals surface area contributed by atoms with Gasteiger partial charge >= 0.3 is 6.18 Å². The SMILES string of the molecule is COc1cccc([C@@H](c2ccccc2)[C@@H](C(=O)Nc2c(F)c(F)c(C(F)(F)F)c(F)c2F)N2C(=O)c3ccccc3C2=O)c1. The van der Waals surface area contributed by atoms with Gasteiger partial charge in [0.15, 0.2) is 23.3 Å². The normalized spacial score (nSPS) is 14.3. The lowest BCUT2D eigenvalue weighted by atomic mass is 9.83. The predicted molar refractivity (Wildman–Crippen MR) is 142 cm³/mol. The molecule has 0 aromatic heterocycles. The quantitative estimate of drug-likeness (QED) is 0.142. The Morgan fingerprint density at radius 3 is 1.80 bits per heavy atom. The van der Waals surface area contributed by atoms with Crippen LogP contribution in [-0.2, 0) is 11.0 Å². The van der Waals surface area contributed by atoms with Crippen LogP contribution in [0.1, 0.15) is 43.3 Å². The first-order valence-corrected chi connectivity index (χ1v) is 12.8. The molecule has 5 rings (SSSR count). The molecular weight excluding hydrogens is 597 g/mol. The number of fused-ring (bicyclic) bond motifs is 1. The van der Waals surface area contributed by atoms with Crippen LogP contribution in [0.2, 0.25) is 0 Å². The Hall–Kier alpha value is -5.20. The molecule has 4 aromatic rings. The Morgan fingerprint density at radius 2 is 1.27 bits per heavy atom. The number of rotatable bonds is 7. The summed E-state index contributed by atoms with van der Waals surface area (Å²) in [6.07, 6.45) is -5.81. The van der Waals surface area contributed by atoms with E-state index < -0.39 is 70.4 Å². The average Bonchev–Trinajstić information content (AvgIpc) is 3.25. The average molecular weight is 616 g/mol. The van der Waals surface area contributed by atoms with E-state index in [-0.39, 0.29) is 22.4 Å². The summed E-state index contributed by atoms with van der Waals surface area (Å²) in [5.74, 6) is -15.1. The zero-order valence-electron chi connectivity index (χ0n) is 22.4. The molecule has 0 fully saturated rings. The maximum absolute atomic E-state index is 14.9. The molecule has 0 saturated carbocycles. The van der Waals surface area contributed by atoms with E-state index in [0.717, 1.165) is 0 Å². The highest BCUT2D eigenvalue weighted by Gasteiger charge is 2.48. The summed E-state index contributed by atoms with van der Waals surface area (Å²) in [6, 6.07) is 17.4. The Balaban J connectivity index is 1.72. The van der Waals surface area contributed by atoms with E-state index in [1.165, 1.54) is 61.7 Å². The van der Waals surface area contributed by atoms with Gasteiger partial charge < -0.3 is 10.1 Å². The van der Waals surface area contributed by atoms with Crippen molar-refractivity contribution in [3.8, 4) is 5.75 Å². The third-order valence-corrected chi connectivity index (χ3v) is 7.09. The van der Waals surface area contributed by atoms with Gasteiger partial charge in [-0.15, -0.1) is 0 Å². The number of ether oxygens (including phenoxy) is 1. The van der Waals surface area contributed by atoms with Gasteiger partial charge in [0, 0.05) is 5.92 Å². The maximum atomic E-state index is 14.9. The number of alkyl halides is 3. The summed E-state index contributed by atoms with van der Waals surface area (Å²) >= 11 is 0. The highest BCUT2D eigenvalue weighted by Crippen LogP contribution is 2.40. The van der Waals surface area contributed by atoms with Crippen LogP contribution in [0.25, 0.3) is 0 Å². The number of anilines is 1. The molecule has 4 aromatic carbocycles. The van der Waals surface area contributed by atoms with E-state index in [4.69, 9.17) is 4.74 Å². The van der Waals surface area contributed by atoms with Crippen LogP contribution < -0.4 is 10.1 Å². The van der Waals surface area contributed by atoms with Crippen LogP contribution in [0.15, 0.2) is 78.9 Å². The van der Waals surface area contributed by atoms with Crippen molar-refractivity contribution < 1.29 is 49.9 Å². The topological polar surface area (TPSA) is 75.7 Å². The van der Waals surface area contributed by atoms with Gasteiger partial charge in [-0.25, -0.2) is 17.6 Å². The molecule has 0 saturated heterocycles. The van der Waals surface area contributed by atoms with Crippen LogP contribution in [0, 0.1) is 23.3 Å². The molecule has 0 aliphatic carbocycles. The fourth-order valence-electron chi connectivity index (χ4n) is 5.12. The molecular formula is C31H19F7N2O4. The second-order valence-electron chi connectivity index (χ2n) is 9.63. The van der Waals surface area contributed by atoms with E-state index in [0.29, 0.717) is 10.5 Å². The Morgan fingerprint density at radius 1 is 0.750 bits per heavy atom. The highest BCUT2D eigenvalue weighted by molar-refractivity contribution is 6.23. The smallest absolute Gasteiger partial charge is 0.422 e. The van der Waals surface area contributed by atoms with Crippen molar-refractivity contribution >= 4 is 23.4 Å². The van der Waals surface area contributed by atoms with Crippen molar-refractivity contribution in [3.05, 3.63) is 130 Å². The van der Waals surface area contributed by atoms with Crippen molar-refractivity contribution in [1.29, 1.82) is 0 Å². The number of amides is 3. The fraction of sp³-hybridized carbons (Fsp3) is 0.129. The minimum absolute atomic E-state index is 0.100. The van der Waals surface area contributed by atoms with Gasteiger partial charge in [-0.2, -0.15) is 13.2 Å². The van der Waals surface area contributed by atoms with Crippen LogP contribution in [-0.4, -0.2) is 35.8 Å². The number of imide groups is 1. The molecule has 0 bridgehead atoms. The summed E-state index contributed by atoms with van der Waals surface area (Å²) in [6.45, 7) is 0. The van der Waals surface area contributed by atoms with Crippen LogP contribution >= 0.6 is 0 Å². The predicted octanol–water partition coefficient (Wildman–Crippen LogP) is 6.71. The number of benzene rings is 4. The molecule has 1 heterocycles. The molecule has 1 aliphatic heterocycles. The zero-order chi connectivity index (χ0) is 31.9. The Bertz CT molecular complexity index is 1730. The molecule has 0 unspecified atom stereocenters. The number of nitrogens with zero attached hydrogens (tertiary/aromatic N) is 1. The maximum Gasteiger partial charge on any atom is 0.422 e. The molecule has 1 N–H and O–H groups in total. The summed E-state index contributed by atoms with van der Waals surface area (Å²) < 4.78 is 103. The van der Waals surface area contributed by atoms with Gasteiger partial charge in [0.1, 0.15) is 23.0 Å². The summed E-state index contributed by atoms with van der Waals surface area (Å²) in [5, 5.41) is 1.62. The van der Waals surface area contributed by atoms with Gasteiger partial charge in [0.05, 0.1) is 18.2 Å². The Kier molecular flexibility index (Phi) is 7.89. The summed E-state index contributed by atoms with van der Waals surface area (Å²) in [4.78, 5) is 41.7. The summed E-state index contributed by atoms with van der Waals surface area (Å²) in [7, 11) is 1.35. The lowest BCUT2D eigenvalue weighted by Gasteiger charge is -2.33. The van der Waals surface area contributed by atoms with Crippen molar-refractivity contribution in [2.24, 2.45) is 0 Å². The van der Waals surface area contributed by atoms with E-state index in [9.17, 15) is 45.1 Å². The minimum Gasteiger partial charge on any atom is -0.497 e. The molecule has 0 radical (unpaired) electrons. The molecule has 6 nitrogen and oxygen atoms in total. The second-order valence-corrected chi connectivity index (χ2v) is 9.63. The van der Waals surface area contributed by atoms with Crippen LogP contribution in [0.4, 0.5) is 36.4 Å². The Labute approximate surface area is 244 Å². The monoisotopic (exact) mass is 616 g/mol. The number of nitrogens with one attached hydrogen (secondary N) is 1. The highest BCUT2D eigenvalue weighted by atomic mass is 19.4. The molecule has 44 heavy (non-hydrogen) atoms. The van der Waals surface area contributed by atoms with Crippen molar-refractivity contribution in [1.82, 2.24) is 4.90 Å². The molecule has 13 heteroatoms. The molecule has 2 atom stereocenters. The van der Waals surface area contributed by atoms with Crippen molar-refractivity contribution in [2.75, 3.05) is 12.4 Å². The molecule has 0 spiro atoms. The van der Waals surface area contributed by atoms with Crippen LogP contribution in [0.3, 0.4) is 0 Å². The lowest BCUT2D eigenvalue weighted by molar-refractivity contribution is -0.143. The van der Waals surface area contributed by atoms with Gasteiger partial charge in [-0.1, -0.05) is 54.6 Å². The second kappa shape index (κ2) is 11.5. The summed E-state index contributed by atoms with van der Waals surface area (Å²) in [5.41, 5.74) is -4.34. The standard InChI is InChI=1S/C31H19F7N2O4/c1-44-17-11-7-10-16(14-17)20(15-8-3-2-4-9-15)27(40-29(42)18-12-5-6-13-19(18)30(40)43)28(41)39-26-24(34)22(32)21(31(36,37)38)23(33)25(26)35/h2-14,20,27H,1H3,(H,39,41)/t20-,27+/m1/s1. The van der Waals surface area contributed by atoms with E-state index in [1.807, 2.05) is 0 Å². The van der Waals surface area contributed by atoms with E-state index in [2.05, 4.69) is 0 Å². The number of carbonyl (C=O) groups excluding carboxylic acids is 3.